The van der Waals surface area contributed by atoms with Crippen LogP contribution >= 0.6 is 0 Å². The highest BCUT2D eigenvalue weighted by Crippen LogP contribution is 2.20. The van der Waals surface area contributed by atoms with E-state index in [1.165, 1.54) is 0 Å². The van der Waals surface area contributed by atoms with Crippen molar-refractivity contribution in [2.24, 2.45) is 11.8 Å². The number of imide groups is 1. The summed E-state index contributed by atoms with van der Waals surface area (Å²) in [5, 5.41) is 3.56. The first-order valence-electron chi connectivity index (χ1n) is 13.5. The maximum absolute atomic E-state index is 12.8. The van der Waals surface area contributed by atoms with E-state index >= 15 is 0 Å². The van der Waals surface area contributed by atoms with Crippen molar-refractivity contribution in [2.75, 3.05) is 0 Å². The van der Waals surface area contributed by atoms with Gasteiger partial charge in [0.15, 0.2) is 0 Å². The molecular formula is C31H34N4O5. The Labute approximate surface area is 233 Å². The highest BCUT2D eigenvalue weighted by Gasteiger charge is 2.34. The van der Waals surface area contributed by atoms with E-state index < -0.39 is 23.7 Å². The molecule has 1 fully saturated rings. The van der Waals surface area contributed by atoms with Gasteiger partial charge in [0, 0.05) is 49.0 Å². The number of nitrogens with one attached hydrogen (secondary N) is 1. The number of hydroxylamine groups is 2. The van der Waals surface area contributed by atoms with Crippen LogP contribution in [0.15, 0.2) is 42.6 Å². The molecule has 208 valence electrons. The first-order valence-corrected chi connectivity index (χ1v) is 13.5. The number of benzene rings is 1. The number of aromatic nitrogens is 2. The van der Waals surface area contributed by atoms with Crippen molar-refractivity contribution in [3.8, 4) is 11.8 Å². The normalized spacial score (nSPS) is 14.6. The van der Waals surface area contributed by atoms with Gasteiger partial charge in [0.2, 0.25) is 0 Å². The van der Waals surface area contributed by atoms with Gasteiger partial charge in [0.1, 0.15) is 5.65 Å². The van der Waals surface area contributed by atoms with Gasteiger partial charge in [-0.1, -0.05) is 37.8 Å². The molecule has 0 bridgehead atoms. The van der Waals surface area contributed by atoms with Crippen LogP contribution in [0.1, 0.15) is 78.8 Å². The quantitative estimate of drug-likeness (QED) is 0.319. The summed E-state index contributed by atoms with van der Waals surface area (Å²) in [4.78, 5) is 57.8. The van der Waals surface area contributed by atoms with E-state index in [2.05, 4.69) is 22.1 Å². The van der Waals surface area contributed by atoms with Gasteiger partial charge in [0.05, 0.1) is 11.5 Å². The minimum Gasteiger partial charge on any atom is -0.348 e. The molecule has 0 spiro atoms. The zero-order valence-corrected chi connectivity index (χ0v) is 23.3. The van der Waals surface area contributed by atoms with Gasteiger partial charge >= 0.3 is 5.97 Å². The summed E-state index contributed by atoms with van der Waals surface area (Å²) in [5.41, 5.74) is 4.94. The number of carbonyl (C=O) groups excluding carboxylic acids is 4. The minimum absolute atomic E-state index is 0.0818. The number of hydrogen-bond acceptors (Lipinski definition) is 6. The number of fused-ring (bicyclic) bond motifs is 1. The second kappa shape index (κ2) is 12.6. The zero-order valence-electron chi connectivity index (χ0n) is 23.3. The summed E-state index contributed by atoms with van der Waals surface area (Å²) in [5.74, 6) is 4.44. The molecule has 1 aliphatic heterocycles. The predicted octanol–water partition coefficient (Wildman–Crippen LogP) is 4.28. The summed E-state index contributed by atoms with van der Waals surface area (Å²) >= 11 is 0. The van der Waals surface area contributed by atoms with Gasteiger partial charge in [-0.3, -0.25) is 14.4 Å². The van der Waals surface area contributed by atoms with Crippen LogP contribution < -0.4 is 5.32 Å². The molecule has 1 aliphatic rings. The number of aryl methyl sites for hydroxylation is 2. The number of hydrogen-bond donors (Lipinski definition) is 1. The summed E-state index contributed by atoms with van der Waals surface area (Å²) in [6, 6.07) is 11.5. The van der Waals surface area contributed by atoms with Crippen LogP contribution in [0.2, 0.25) is 0 Å². The third-order valence-electron chi connectivity index (χ3n) is 6.93. The fourth-order valence-corrected chi connectivity index (χ4v) is 4.69. The first-order chi connectivity index (χ1) is 19.1. The third-order valence-corrected chi connectivity index (χ3v) is 6.93. The van der Waals surface area contributed by atoms with Crippen LogP contribution in [0.4, 0.5) is 0 Å². The van der Waals surface area contributed by atoms with E-state index in [0.717, 1.165) is 28.9 Å². The van der Waals surface area contributed by atoms with E-state index in [-0.39, 0.29) is 24.7 Å². The van der Waals surface area contributed by atoms with E-state index in [4.69, 9.17) is 4.84 Å². The molecule has 2 atom stereocenters. The van der Waals surface area contributed by atoms with Crippen molar-refractivity contribution >= 4 is 29.3 Å². The molecule has 0 radical (unpaired) electrons. The fourth-order valence-electron chi connectivity index (χ4n) is 4.69. The first kappa shape index (κ1) is 28.6. The second-order valence-electron chi connectivity index (χ2n) is 10.4. The van der Waals surface area contributed by atoms with Gasteiger partial charge in [-0.25, -0.2) is 9.78 Å². The monoisotopic (exact) mass is 542 g/mol. The van der Waals surface area contributed by atoms with Crippen molar-refractivity contribution in [3.63, 3.8) is 0 Å². The summed E-state index contributed by atoms with van der Waals surface area (Å²) in [6.07, 6.45) is 4.07. The Bertz CT molecular complexity index is 1480. The maximum atomic E-state index is 12.8. The lowest BCUT2D eigenvalue weighted by Crippen LogP contribution is -2.34. The predicted molar refractivity (Wildman–Crippen MR) is 149 cm³/mol. The molecule has 4 rings (SSSR count). The Kier molecular flexibility index (Phi) is 9.00. The lowest BCUT2D eigenvalue weighted by molar-refractivity contribution is -0.200. The SMILES string of the molecule is Cc1cc(C)n2ccc(C(=O)NCc3ccc(C#CCCC(C)CC(C)C(=O)ON4C(=O)CCC4=O)cc3)c2n1. The molecule has 3 aromatic rings. The topological polar surface area (TPSA) is 110 Å². The van der Waals surface area contributed by atoms with E-state index in [0.29, 0.717) is 35.7 Å². The van der Waals surface area contributed by atoms with Gasteiger partial charge in [-0.05, 0) is 62.4 Å². The number of rotatable bonds is 9. The van der Waals surface area contributed by atoms with E-state index in [1.807, 2.05) is 61.7 Å². The largest absolute Gasteiger partial charge is 0.348 e. The zero-order chi connectivity index (χ0) is 28.8. The molecule has 1 aromatic carbocycles. The maximum Gasteiger partial charge on any atom is 0.335 e. The second-order valence-corrected chi connectivity index (χ2v) is 10.4. The van der Waals surface area contributed by atoms with Crippen LogP contribution in [-0.4, -0.2) is 38.1 Å². The van der Waals surface area contributed by atoms with Crippen molar-refractivity contribution < 1.29 is 24.0 Å². The summed E-state index contributed by atoms with van der Waals surface area (Å²) in [7, 11) is 0. The average molecular weight is 543 g/mol. The molecule has 0 saturated carbocycles. The Hall–Kier alpha value is -4.45. The van der Waals surface area contributed by atoms with Crippen LogP contribution in [0.3, 0.4) is 0 Å². The van der Waals surface area contributed by atoms with Crippen molar-refractivity contribution in [1.29, 1.82) is 0 Å². The van der Waals surface area contributed by atoms with Crippen LogP contribution in [-0.2, 0) is 25.8 Å². The molecule has 2 unspecified atom stereocenters. The number of nitrogens with zero attached hydrogens (tertiary/aromatic N) is 3. The number of carbonyl (C=O) groups is 4. The van der Waals surface area contributed by atoms with E-state index in [9.17, 15) is 19.2 Å². The van der Waals surface area contributed by atoms with Gasteiger partial charge in [-0.2, -0.15) is 0 Å². The molecule has 3 amide bonds. The number of amides is 3. The Morgan fingerprint density at radius 1 is 1.07 bits per heavy atom. The van der Waals surface area contributed by atoms with Crippen LogP contribution in [0.5, 0.6) is 0 Å². The highest BCUT2D eigenvalue weighted by atomic mass is 16.7. The summed E-state index contributed by atoms with van der Waals surface area (Å²) < 4.78 is 1.91. The minimum atomic E-state index is -0.568. The highest BCUT2D eigenvalue weighted by molar-refractivity contribution is 6.01. The molecule has 9 nitrogen and oxygen atoms in total. The van der Waals surface area contributed by atoms with Gasteiger partial charge < -0.3 is 14.6 Å². The van der Waals surface area contributed by atoms with Crippen molar-refractivity contribution in [2.45, 2.75) is 66.3 Å². The van der Waals surface area contributed by atoms with Crippen LogP contribution in [0.25, 0.3) is 5.65 Å². The molecule has 40 heavy (non-hydrogen) atoms. The van der Waals surface area contributed by atoms with Crippen LogP contribution in [0, 0.1) is 37.5 Å². The average Bonchev–Trinajstić information content (AvgIpc) is 3.49. The Morgan fingerprint density at radius 2 is 1.77 bits per heavy atom. The van der Waals surface area contributed by atoms with E-state index in [1.54, 1.807) is 13.0 Å². The van der Waals surface area contributed by atoms with Crippen molar-refractivity contribution in [1.82, 2.24) is 19.8 Å². The molecule has 1 saturated heterocycles. The third kappa shape index (κ3) is 6.94. The lowest BCUT2D eigenvalue weighted by atomic mass is 9.94. The lowest BCUT2D eigenvalue weighted by Gasteiger charge is -2.18. The van der Waals surface area contributed by atoms with Gasteiger partial charge in [-0.15, -0.1) is 5.06 Å². The molecular weight excluding hydrogens is 508 g/mol. The van der Waals surface area contributed by atoms with Crippen molar-refractivity contribution in [3.05, 3.63) is 70.7 Å². The molecule has 0 aliphatic carbocycles. The molecule has 1 N–H and O–H groups in total. The smallest absolute Gasteiger partial charge is 0.335 e. The van der Waals surface area contributed by atoms with Gasteiger partial charge in [0.25, 0.3) is 17.7 Å². The Morgan fingerprint density at radius 3 is 2.48 bits per heavy atom. The molecule has 9 heteroatoms. The summed E-state index contributed by atoms with van der Waals surface area (Å²) in [6.45, 7) is 8.07. The standard InChI is InChI=1S/C31H34N4O5/c1-20(17-21(2)31(39)40-35-27(36)13-14-28(35)37)7-5-6-8-24-9-11-25(12-10-24)19-32-30(38)26-15-16-34-23(4)18-22(3)33-29(26)34/h9-12,15-16,18,20-21H,5,7,13-14,17,19H2,1-4H3,(H,32,38). The molecule has 2 aromatic heterocycles. The fraction of sp³-hybridized carbons (Fsp3) is 0.387. The molecule has 3 heterocycles. The Balaban J connectivity index is 1.20.